The van der Waals surface area contributed by atoms with E-state index in [1.165, 1.54) is 0 Å². The van der Waals surface area contributed by atoms with Gasteiger partial charge in [-0.05, 0) is 11.6 Å². The summed E-state index contributed by atoms with van der Waals surface area (Å²) in [6.45, 7) is 1.78. The predicted molar refractivity (Wildman–Crippen MR) is 96.9 cm³/mol. The first-order valence-corrected chi connectivity index (χ1v) is 8.78. The van der Waals surface area contributed by atoms with Crippen molar-refractivity contribution in [3.8, 4) is 5.88 Å². The van der Waals surface area contributed by atoms with Crippen molar-refractivity contribution in [1.82, 2.24) is 9.88 Å². The van der Waals surface area contributed by atoms with Crippen LogP contribution in [-0.2, 0) is 14.3 Å². The van der Waals surface area contributed by atoms with Gasteiger partial charge in [0.25, 0.3) is 0 Å². The average Bonchev–Trinajstić information content (AvgIpc) is 2.71. The van der Waals surface area contributed by atoms with Gasteiger partial charge in [-0.3, -0.25) is 4.79 Å². The van der Waals surface area contributed by atoms with Gasteiger partial charge in [-0.15, -0.1) is 0 Å². The zero-order valence-corrected chi connectivity index (χ0v) is 14.9. The summed E-state index contributed by atoms with van der Waals surface area (Å²) in [5.41, 5.74) is 1.03. The first kappa shape index (κ1) is 18.4. The lowest BCUT2D eigenvalue weighted by Gasteiger charge is -2.41. The fraction of sp³-hybridized carbons (Fsp3) is 0.400. The highest BCUT2D eigenvalue weighted by Gasteiger charge is 2.36. The van der Waals surface area contributed by atoms with Crippen LogP contribution >= 0.6 is 0 Å². The smallest absolute Gasteiger partial charge is 0.225 e. The van der Waals surface area contributed by atoms with Crippen LogP contribution in [0.25, 0.3) is 0 Å². The predicted octanol–water partition coefficient (Wildman–Crippen LogP) is 2.47. The molecule has 0 bridgehead atoms. The number of ether oxygens (including phenoxy) is 3. The fourth-order valence-corrected chi connectivity index (χ4v) is 3.13. The number of methoxy groups -OCH3 is 1. The van der Waals surface area contributed by atoms with Gasteiger partial charge in [-0.2, -0.15) is 0 Å². The van der Waals surface area contributed by atoms with Crippen LogP contribution in [0.3, 0.4) is 0 Å². The molecule has 1 aliphatic rings. The lowest BCUT2D eigenvalue weighted by Crippen LogP contribution is -2.50. The highest BCUT2D eigenvalue weighted by atomic mass is 16.5. The molecule has 2 aromatic rings. The van der Waals surface area contributed by atoms with Gasteiger partial charge in [0.2, 0.25) is 11.8 Å². The zero-order valence-electron chi connectivity index (χ0n) is 14.9. The molecule has 2 atom stereocenters. The molecule has 6 heteroatoms. The Bertz CT molecular complexity index is 681. The summed E-state index contributed by atoms with van der Waals surface area (Å²) in [6, 6.07) is 15.3. The zero-order chi connectivity index (χ0) is 18.2. The highest BCUT2D eigenvalue weighted by molar-refractivity contribution is 5.77. The van der Waals surface area contributed by atoms with Crippen molar-refractivity contribution in [2.45, 2.75) is 18.6 Å². The largest absolute Gasteiger partial charge is 0.475 e. The first-order chi connectivity index (χ1) is 12.8. The molecule has 0 saturated carbocycles. The number of carbonyl (C=O) groups is 1. The van der Waals surface area contributed by atoms with E-state index in [2.05, 4.69) is 4.98 Å². The number of nitrogens with zero attached hydrogens (tertiary/aromatic N) is 2. The maximum Gasteiger partial charge on any atom is 0.225 e. The molecule has 1 aromatic heterocycles. The van der Waals surface area contributed by atoms with E-state index in [4.69, 9.17) is 14.2 Å². The van der Waals surface area contributed by atoms with E-state index in [0.717, 1.165) is 5.56 Å². The van der Waals surface area contributed by atoms with E-state index < -0.39 is 0 Å². The minimum atomic E-state index is -0.264. The third-order valence-electron chi connectivity index (χ3n) is 4.37. The molecular formula is C20H24N2O4. The lowest BCUT2D eigenvalue weighted by molar-refractivity contribution is -0.150. The summed E-state index contributed by atoms with van der Waals surface area (Å²) < 4.78 is 16.8. The van der Waals surface area contributed by atoms with E-state index in [9.17, 15) is 4.79 Å². The second-order valence-corrected chi connectivity index (χ2v) is 6.07. The third kappa shape index (κ3) is 4.59. The summed E-state index contributed by atoms with van der Waals surface area (Å²) in [5, 5.41) is 0. The monoisotopic (exact) mass is 356 g/mol. The fourth-order valence-electron chi connectivity index (χ4n) is 3.13. The Hall–Kier alpha value is -2.44. The van der Waals surface area contributed by atoms with E-state index in [-0.39, 0.29) is 18.1 Å². The topological polar surface area (TPSA) is 60.9 Å². The maximum absolute atomic E-state index is 12.7. The highest BCUT2D eigenvalue weighted by Crippen LogP contribution is 2.30. The van der Waals surface area contributed by atoms with E-state index in [1.807, 2.05) is 53.4 Å². The van der Waals surface area contributed by atoms with Gasteiger partial charge in [0.15, 0.2) is 0 Å². The molecule has 1 saturated heterocycles. The Labute approximate surface area is 153 Å². The van der Waals surface area contributed by atoms with Crippen molar-refractivity contribution < 1.29 is 19.0 Å². The standard InChI is InChI=1S/C20H24N2O4/c1-24-13-10-19(23)22-12-14-25-17(15-26-18-9-5-6-11-21-18)20(22)16-7-3-2-4-8-16/h2-9,11,17,20H,10,12-15H2,1H3. The Morgan fingerprint density at radius 3 is 2.77 bits per heavy atom. The number of rotatable bonds is 7. The number of amides is 1. The van der Waals surface area contributed by atoms with Crippen molar-refractivity contribution in [2.24, 2.45) is 0 Å². The molecule has 0 N–H and O–H groups in total. The number of hydrogen-bond acceptors (Lipinski definition) is 5. The van der Waals surface area contributed by atoms with E-state index in [1.54, 1.807) is 13.3 Å². The minimum absolute atomic E-state index is 0.0619. The van der Waals surface area contributed by atoms with Gasteiger partial charge in [-0.25, -0.2) is 4.98 Å². The van der Waals surface area contributed by atoms with Crippen molar-refractivity contribution in [1.29, 1.82) is 0 Å². The molecule has 1 fully saturated rings. The molecule has 138 valence electrons. The SMILES string of the molecule is COCCC(=O)N1CCOC(COc2ccccn2)C1c1ccccc1. The molecule has 1 aromatic carbocycles. The molecule has 6 nitrogen and oxygen atoms in total. The molecule has 0 spiro atoms. The van der Waals surface area contributed by atoms with Gasteiger partial charge >= 0.3 is 0 Å². The summed E-state index contributed by atoms with van der Waals surface area (Å²) in [7, 11) is 1.60. The number of morpholine rings is 1. The van der Waals surface area contributed by atoms with Crippen molar-refractivity contribution in [3.63, 3.8) is 0 Å². The number of pyridine rings is 1. The summed E-state index contributed by atoms with van der Waals surface area (Å²) in [4.78, 5) is 18.8. The van der Waals surface area contributed by atoms with Gasteiger partial charge in [-0.1, -0.05) is 36.4 Å². The average molecular weight is 356 g/mol. The molecule has 1 amide bonds. The van der Waals surface area contributed by atoms with Gasteiger partial charge in [0.1, 0.15) is 12.7 Å². The van der Waals surface area contributed by atoms with Crippen LogP contribution in [-0.4, -0.2) is 55.4 Å². The number of carbonyl (C=O) groups excluding carboxylic acids is 1. The third-order valence-corrected chi connectivity index (χ3v) is 4.37. The van der Waals surface area contributed by atoms with Crippen LogP contribution in [0.2, 0.25) is 0 Å². The molecule has 2 heterocycles. The molecule has 2 unspecified atom stereocenters. The van der Waals surface area contributed by atoms with Gasteiger partial charge in [0, 0.05) is 25.9 Å². The minimum Gasteiger partial charge on any atom is -0.475 e. The summed E-state index contributed by atoms with van der Waals surface area (Å²) >= 11 is 0. The summed E-state index contributed by atoms with van der Waals surface area (Å²) in [6.07, 6.45) is 1.78. The lowest BCUT2D eigenvalue weighted by atomic mass is 9.98. The molecule has 3 rings (SSSR count). The molecular weight excluding hydrogens is 332 g/mol. The van der Waals surface area contributed by atoms with Crippen LogP contribution in [0.5, 0.6) is 5.88 Å². The number of benzene rings is 1. The van der Waals surface area contributed by atoms with Crippen LogP contribution in [0, 0.1) is 0 Å². The van der Waals surface area contributed by atoms with Crippen LogP contribution in [0.1, 0.15) is 18.0 Å². The van der Waals surface area contributed by atoms with E-state index in [0.29, 0.717) is 38.7 Å². The number of aromatic nitrogens is 1. The summed E-state index contributed by atoms with van der Waals surface area (Å²) in [5.74, 6) is 0.609. The van der Waals surface area contributed by atoms with Crippen LogP contribution in [0.15, 0.2) is 54.7 Å². The maximum atomic E-state index is 12.7. The Balaban J connectivity index is 1.78. The van der Waals surface area contributed by atoms with Crippen molar-refractivity contribution >= 4 is 5.91 Å². The number of hydrogen-bond donors (Lipinski definition) is 0. The second kappa shape index (κ2) is 9.31. The molecule has 1 aliphatic heterocycles. The second-order valence-electron chi connectivity index (χ2n) is 6.07. The quantitative estimate of drug-likeness (QED) is 0.763. The Morgan fingerprint density at radius 1 is 1.23 bits per heavy atom. The Kier molecular flexibility index (Phi) is 6.57. The first-order valence-electron chi connectivity index (χ1n) is 8.78. The van der Waals surface area contributed by atoms with Gasteiger partial charge < -0.3 is 19.1 Å². The molecule has 0 aliphatic carbocycles. The van der Waals surface area contributed by atoms with Gasteiger partial charge in [0.05, 0.1) is 25.7 Å². The van der Waals surface area contributed by atoms with E-state index >= 15 is 0 Å². The van der Waals surface area contributed by atoms with Crippen LogP contribution < -0.4 is 4.74 Å². The normalized spacial score (nSPS) is 20.0. The van der Waals surface area contributed by atoms with Crippen molar-refractivity contribution in [3.05, 3.63) is 60.3 Å². The molecule has 0 radical (unpaired) electrons. The Morgan fingerprint density at radius 2 is 2.04 bits per heavy atom. The molecule has 26 heavy (non-hydrogen) atoms. The van der Waals surface area contributed by atoms with Crippen LogP contribution in [0.4, 0.5) is 0 Å². The van der Waals surface area contributed by atoms with Crippen molar-refractivity contribution in [2.75, 3.05) is 33.5 Å².